The van der Waals surface area contributed by atoms with Gasteiger partial charge in [-0.1, -0.05) is 11.6 Å². The maximum absolute atomic E-state index is 14.0. The molecule has 3 heterocycles. The number of rotatable bonds is 4. The van der Waals surface area contributed by atoms with Crippen LogP contribution in [0.15, 0.2) is 50.2 Å². The summed E-state index contributed by atoms with van der Waals surface area (Å²) in [5.41, 5.74) is 3.40. The Morgan fingerprint density at radius 1 is 1.14 bits per heavy atom. The van der Waals surface area contributed by atoms with Crippen molar-refractivity contribution in [2.75, 3.05) is 37.6 Å². The number of nitrogens with zero attached hydrogens (tertiary/aromatic N) is 2. The third-order valence-electron chi connectivity index (χ3n) is 5.49. The van der Waals surface area contributed by atoms with E-state index in [0.717, 1.165) is 55.7 Å². The number of halogens is 2. The Hall–Kier alpha value is -2.77. The van der Waals surface area contributed by atoms with Crippen molar-refractivity contribution in [2.45, 2.75) is 6.42 Å². The van der Waals surface area contributed by atoms with Gasteiger partial charge < -0.3 is 13.7 Å². The zero-order valence-corrected chi connectivity index (χ0v) is 16.3. The van der Waals surface area contributed by atoms with Crippen LogP contribution in [0.3, 0.4) is 0 Å². The number of H-pyrrole nitrogens is 1. The van der Waals surface area contributed by atoms with Gasteiger partial charge in [-0.3, -0.25) is 9.88 Å². The van der Waals surface area contributed by atoms with Crippen molar-refractivity contribution >= 4 is 39.4 Å². The first-order chi connectivity index (χ1) is 14.1. The molecule has 1 aliphatic heterocycles. The number of aromatic nitrogens is 1. The molecule has 0 bridgehead atoms. The van der Waals surface area contributed by atoms with Crippen molar-refractivity contribution in [3.05, 3.63) is 63.5 Å². The molecule has 2 aromatic carbocycles. The molecule has 0 aliphatic carbocycles. The number of hydrogen-bond acceptors (Lipinski definition) is 5. The van der Waals surface area contributed by atoms with E-state index in [1.807, 2.05) is 18.2 Å². The van der Waals surface area contributed by atoms with E-state index >= 15 is 0 Å². The Morgan fingerprint density at radius 2 is 1.97 bits per heavy atom. The molecule has 150 valence electrons. The summed E-state index contributed by atoms with van der Waals surface area (Å²) in [6.07, 6.45) is 2.67. The topological polar surface area (TPSA) is 65.6 Å². The summed E-state index contributed by atoms with van der Waals surface area (Å²) in [7, 11) is 0. The van der Waals surface area contributed by atoms with Gasteiger partial charge in [0.05, 0.1) is 17.5 Å². The van der Waals surface area contributed by atoms with Gasteiger partial charge in [-0.15, -0.1) is 0 Å². The number of nitrogens with one attached hydrogen (secondary N) is 1. The predicted molar refractivity (Wildman–Crippen MR) is 110 cm³/mol. The zero-order chi connectivity index (χ0) is 20.0. The average molecular weight is 416 g/mol. The van der Waals surface area contributed by atoms with Crippen molar-refractivity contribution in [3.8, 4) is 0 Å². The third-order valence-corrected chi connectivity index (χ3v) is 5.73. The first-order valence-electron chi connectivity index (χ1n) is 9.52. The van der Waals surface area contributed by atoms with Crippen LogP contribution in [-0.4, -0.2) is 42.6 Å². The summed E-state index contributed by atoms with van der Waals surface area (Å²) < 4.78 is 24.8. The summed E-state index contributed by atoms with van der Waals surface area (Å²) in [4.78, 5) is 18.5. The Kier molecular flexibility index (Phi) is 4.56. The Bertz CT molecular complexity index is 1240. The van der Waals surface area contributed by atoms with Crippen LogP contribution in [0.2, 0.25) is 5.02 Å². The highest BCUT2D eigenvalue weighted by molar-refractivity contribution is 6.31. The lowest BCUT2D eigenvalue weighted by atomic mass is 10.1. The number of piperazine rings is 1. The van der Waals surface area contributed by atoms with E-state index < -0.39 is 11.6 Å². The molecule has 29 heavy (non-hydrogen) atoms. The zero-order valence-electron chi connectivity index (χ0n) is 15.6. The SMILES string of the molecule is O=c1[nH]c2cc(F)cc(N3CCN(CCc4coc5ccc(Cl)cc45)CC3)c2o1. The number of hydrogen-bond donors (Lipinski definition) is 1. The fraction of sp³-hybridized carbons (Fsp3) is 0.286. The molecule has 0 atom stereocenters. The van der Waals surface area contributed by atoms with Gasteiger partial charge >= 0.3 is 5.76 Å². The maximum atomic E-state index is 14.0. The number of oxazole rings is 1. The van der Waals surface area contributed by atoms with E-state index in [9.17, 15) is 9.18 Å². The third kappa shape index (κ3) is 3.52. The summed E-state index contributed by atoms with van der Waals surface area (Å²) in [6, 6.07) is 8.36. The molecule has 0 unspecified atom stereocenters. The molecule has 5 rings (SSSR count). The standard InChI is InChI=1S/C21H19ClFN3O3/c22-14-1-2-19-16(9-14)13(12-28-19)3-4-25-5-7-26(8-6-25)18-11-15(23)10-17-20(18)29-21(27)24-17/h1-2,9-12H,3-8H2,(H,24,27). The highest BCUT2D eigenvalue weighted by atomic mass is 35.5. The number of fused-ring (bicyclic) bond motifs is 2. The number of aromatic amines is 1. The summed E-state index contributed by atoms with van der Waals surface area (Å²) in [5.74, 6) is -0.963. The molecule has 1 N–H and O–H groups in total. The Morgan fingerprint density at radius 3 is 2.79 bits per heavy atom. The minimum atomic E-state index is -0.571. The minimum Gasteiger partial charge on any atom is -0.464 e. The average Bonchev–Trinajstić information content (AvgIpc) is 3.28. The molecule has 1 saturated heterocycles. The normalized spacial score (nSPS) is 15.6. The van der Waals surface area contributed by atoms with Gasteiger partial charge in [0, 0.05) is 55.3 Å². The number of furan rings is 1. The lowest BCUT2D eigenvalue weighted by Gasteiger charge is -2.36. The molecule has 0 amide bonds. The van der Waals surface area contributed by atoms with Gasteiger partial charge in [0.25, 0.3) is 0 Å². The number of anilines is 1. The van der Waals surface area contributed by atoms with Gasteiger partial charge in [-0.2, -0.15) is 0 Å². The fourth-order valence-electron chi connectivity index (χ4n) is 3.98. The van der Waals surface area contributed by atoms with Crippen molar-refractivity contribution in [1.82, 2.24) is 9.88 Å². The molecular weight excluding hydrogens is 397 g/mol. The lowest BCUT2D eigenvalue weighted by Crippen LogP contribution is -2.47. The van der Waals surface area contributed by atoms with E-state index in [0.29, 0.717) is 21.8 Å². The molecule has 4 aromatic rings. The molecule has 2 aromatic heterocycles. The van der Waals surface area contributed by atoms with Crippen molar-refractivity contribution < 1.29 is 13.2 Å². The predicted octanol–water partition coefficient (Wildman–Crippen LogP) is 4.02. The van der Waals surface area contributed by atoms with Crippen LogP contribution < -0.4 is 10.7 Å². The van der Waals surface area contributed by atoms with Gasteiger partial charge in [-0.25, -0.2) is 9.18 Å². The van der Waals surface area contributed by atoms with Crippen molar-refractivity contribution in [2.24, 2.45) is 0 Å². The molecule has 0 saturated carbocycles. The fourth-order valence-corrected chi connectivity index (χ4v) is 4.15. The van der Waals surface area contributed by atoms with Crippen LogP contribution in [0.1, 0.15) is 5.56 Å². The van der Waals surface area contributed by atoms with Crippen LogP contribution >= 0.6 is 11.6 Å². The molecule has 0 radical (unpaired) electrons. The maximum Gasteiger partial charge on any atom is 0.417 e. The van der Waals surface area contributed by atoms with E-state index in [1.165, 1.54) is 12.1 Å². The monoisotopic (exact) mass is 415 g/mol. The van der Waals surface area contributed by atoms with Crippen LogP contribution in [0.4, 0.5) is 10.1 Å². The van der Waals surface area contributed by atoms with E-state index in [1.54, 1.807) is 6.26 Å². The largest absolute Gasteiger partial charge is 0.464 e. The minimum absolute atomic E-state index is 0.387. The Balaban J connectivity index is 1.26. The second-order valence-corrected chi connectivity index (χ2v) is 7.73. The summed E-state index contributed by atoms with van der Waals surface area (Å²) in [5, 5.41) is 1.76. The molecule has 1 fully saturated rings. The lowest BCUT2D eigenvalue weighted by molar-refractivity contribution is 0.261. The molecule has 6 nitrogen and oxygen atoms in total. The van der Waals surface area contributed by atoms with Crippen LogP contribution in [-0.2, 0) is 6.42 Å². The summed E-state index contributed by atoms with van der Waals surface area (Å²) >= 11 is 6.11. The smallest absolute Gasteiger partial charge is 0.417 e. The first kappa shape index (κ1) is 18.3. The van der Waals surface area contributed by atoms with Crippen molar-refractivity contribution in [3.63, 3.8) is 0 Å². The highest BCUT2D eigenvalue weighted by Crippen LogP contribution is 2.28. The van der Waals surface area contributed by atoms with Crippen LogP contribution in [0, 0.1) is 5.82 Å². The van der Waals surface area contributed by atoms with E-state index in [4.69, 9.17) is 20.4 Å². The quantitative estimate of drug-likeness (QED) is 0.545. The number of benzene rings is 2. The summed E-state index contributed by atoms with van der Waals surface area (Å²) in [6.45, 7) is 4.02. The van der Waals surface area contributed by atoms with E-state index in [2.05, 4.69) is 14.8 Å². The molecule has 0 spiro atoms. The second-order valence-electron chi connectivity index (χ2n) is 7.30. The first-order valence-corrected chi connectivity index (χ1v) is 9.90. The van der Waals surface area contributed by atoms with Gasteiger partial charge in [0.2, 0.25) is 0 Å². The van der Waals surface area contributed by atoms with Crippen molar-refractivity contribution in [1.29, 1.82) is 0 Å². The Labute approximate surface area is 170 Å². The van der Waals surface area contributed by atoms with Crippen LogP contribution in [0.25, 0.3) is 22.1 Å². The highest BCUT2D eigenvalue weighted by Gasteiger charge is 2.21. The second kappa shape index (κ2) is 7.24. The van der Waals surface area contributed by atoms with Crippen LogP contribution in [0.5, 0.6) is 0 Å². The molecular formula is C21H19ClFN3O3. The van der Waals surface area contributed by atoms with E-state index in [-0.39, 0.29) is 0 Å². The molecule has 8 heteroatoms. The molecule has 1 aliphatic rings. The van der Waals surface area contributed by atoms with Gasteiger partial charge in [0.1, 0.15) is 11.4 Å². The van der Waals surface area contributed by atoms with Gasteiger partial charge in [-0.05, 0) is 30.2 Å². The van der Waals surface area contributed by atoms with Gasteiger partial charge in [0.15, 0.2) is 5.58 Å².